The van der Waals surface area contributed by atoms with E-state index in [9.17, 15) is 22.8 Å². The molecule has 0 saturated heterocycles. The Bertz CT molecular complexity index is 715. The second-order valence-electron chi connectivity index (χ2n) is 4.95. The number of ether oxygens (including phenoxy) is 1. The lowest BCUT2D eigenvalue weighted by atomic mass is 10.2. The van der Waals surface area contributed by atoms with Crippen LogP contribution in [0.3, 0.4) is 0 Å². The summed E-state index contributed by atoms with van der Waals surface area (Å²) >= 11 is 0. The van der Waals surface area contributed by atoms with Gasteiger partial charge in [-0.3, -0.25) is 14.9 Å². The standard InChI is InChI=1S/C14H19N3O6S/c1-9-3-5-11(6-4-9)24(21,22)16-8-7-12(18)23-10(2)13(19)17-14(15)20/h3-6,10,16H,7-8H2,1-2H3,(H3,15,17,19,20)/t10-/m0/s1. The van der Waals surface area contributed by atoms with E-state index in [0.717, 1.165) is 5.56 Å². The number of aryl methyl sites for hydroxylation is 1. The summed E-state index contributed by atoms with van der Waals surface area (Å²) in [6, 6.07) is 5.15. The number of rotatable bonds is 7. The quantitative estimate of drug-likeness (QED) is 0.576. The second-order valence-corrected chi connectivity index (χ2v) is 6.71. The molecule has 1 rings (SSSR count). The average Bonchev–Trinajstić information content (AvgIpc) is 2.46. The number of esters is 1. The van der Waals surface area contributed by atoms with Gasteiger partial charge in [0.05, 0.1) is 11.3 Å². The van der Waals surface area contributed by atoms with Crippen molar-refractivity contribution in [3.05, 3.63) is 29.8 Å². The summed E-state index contributed by atoms with van der Waals surface area (Å²) in [5.41, 5.74) is 5.68. The average molecular weight is 357 g/mol. The van der Waals surface area contributed by atoms with Crippen LogP contribution >= 0.6 is 0 Å². The second kappa shape index (κ2) is 8.41. The van der Waals surface area contributed by atoms with Crippen molar-refractivity contribution < 1.29 is 27.5 Å². The first-order chi connectivity index (χ1) is 11.1. The zero-order chi connectivity index (χ0) is 18.3. The highest BCUT2D eigenvalue weighted by molar-refractivity contribution is 7.89. The third-order valence-electron chi connectivity index (χ3n) is 2.88. The van der Waals surface area contributed by atoms with Gasteiger partial charge in [0.15, 0.2) is 6.10 Å². The van der Waals surface area contributed by atoms with Gasteiger partial charge in [-0.2, -0.15) is 0 Å². The molecule has 1 aromatic rings. The third-order valence-corrected chi connectivity index (χ3v) is 4.35. The van der Waals surface area contributed by atoms with Crippen molar-refractivity contribution in [1.29, 1.82) is 0 Å². The predicted molar refractivity (Wildman–Crippen MR) is 84.3 cm³/mol. The van der Waals surface area contributed by atoms with Crippen molar-refractivity contribution in [2.75, 3.05) is 6.54 Å². The van der Waals surface area contributed by atoms with Gasteiger partial charge in [0.25, 0.3) is 5.91 Å². The van der Waals surface area contributed by atoms with Gasteiger partial charge in [0.1, 0.15) is 0 Å². The number of amides is 3. The van der Waals surface area contributed by atoms with Crippen molar-refractivity contribution in [3.8, 4) is 0 Å². The Kier molecular flexibility index (Phi) is 6.86. The summed E-state index contributed by atoms with van der Waals surface area (Å²) in [5, 5.41) is 1.77. The molecule has 0 unspecified atom stereocenters. The smallest absolute Gasteiger partial charge is 0.318 e. The van der Waals surface area contributed by atoms with Crippen LogP contribution in [0.1, 0.15) is 18.9 Å². The Labute approximate surface area is 139 Å². The maximum atomic E-state index is 12.0. The van der Waals surface area contributed by atoms with Gasteiger partial charge in [-0.05, 0) is 26.0 Å². The van der Waals surface area contributed by atoms with Crippen LogP contribution in [0.4, 0.5) is 4.79 Å². The van der Waals surface area contributed by atoms with Crippen LogP contribution in [0.25, 0.3) is 0 Å². The summed E-state index contributed by atoms with van der Waals surface area (Å²) < 4.78 is 31.0. The van der Waals surface area contributed by atoms with E-state index in [0.29, 0.717) is 0 Å². The summed E-state index contributed by atoms with van der Waals surface area (Å²) in [4.78, 5) is 33.5. The molecule has 0 aliphatic heterocycles. The predicted octanol–water partition coefficient (Wildman–Crippen LogP) is -0.210. The molecule has 132 valence electrons. The minimum absolute atomic E-state index is 0.0793. The molecule has 0 aromatic heterocycles. The lowest BCUT2D eigenvalue weighted by Gasteiger charge is -2.12. The topological polar surface area (TPSA) is 145 Å². The molecule has 0 aliphatic carbocycles. The lowest BCUT2D eigenvalue weighted by Crippen LogP contribution is -2.42. The first kappa shape index (κ1) is 19.6. The molecular weight excluding hydrogens is 338 g/mol. The number of nitrogens with one attached hydrogen (secondary N) is 2. The first-order valence-electron chi connectivity index (χ1n) is 6.98. The third kappa shape index (κ3) is 6.34. The van der Waals surface area contributed by atoms with Crippen LogP contribution in [0.2, 0.25) is 0 Å². The van der Waals surface area contributed by atoms with E-state index >= 15 is 0 Å². The molecule has 0 fully saturated rings. The molecule has 9 nitrogen and oxygen atoms in total. The number of carbonyl (C=O) groups is 3. The largest absolute Gasteiger partial charge is 0.452 e. The lowest BCUT2D eigenvalue weighted by molar-refractivity contribution is -0.154. The molecular formula is C14H19N3O6S. The fraction of sp³-hybridized carbons (Fsp3) is 0.357. The number of carbonyl (C=O) groups excluding carboxylic acids is 3. The van der Waals surface area contributed by atoms with E-state index in [1.807, 2.05) is 6.92 Å². The molecule has 0 bridgehead atoms. The van der Waals surface area contributed by atoms with Crippen LogP contribution in [-0.4, -0.2) is 39.0 Å². The Morgan fingerprint density at radius 1 is 1.21 bits per heavy atom. The molecule has 0 heterocycles. The maximum absolute atomic E-state index is 12.0. The SMILES string of the molecule is Cc1ccc(S(=O)(=O)NCCC(=O)O[C@@H](C)C(=O)NC(N)=O)cc1. The zero-order valence-corrected chi connectivity index (χ0v) is 14.1. The fourth-order valence-electron chi connectivity index (χ4n) is 1.62. The summed E-state index contributed by atoms with van der Waals surface area (Å²) in [5.74, 6) is -1.66. The van der Waals surface area contributed by atoms with E-state index in [2.05, 4.69) is 4.72 Å². The molecule has 0 radical (unpaired) electrons. The Balaban J connectivity index is 2.46. The van der Waals surface area contributed by atoms with Crippen LogP contribution in [0.5, 0.6) is 0 Å². The minimum Gasteiger partial charge on any atom is -0.452 e. The van der Waals surface area contributed by atoms with Gasteiger partial charge in [-0.25, -0.2) is 17.9 Å². The molecule has 10 heteroatoms. The van der Waals surface area contributed by atoms with Crippen molar-refractivity contribution in [2.24, 2.45) is 5.73 Å². The van der Waals surface area contributed by atoms with Gasteiger partial charge in [0, 0.05) is 6.54 Å². The number of hydrogen-bond donors (Lipinski definition) is 3. The molecule has 1 aromatic carbocycles. The van der Waals surface area contributed by atoms with Crippen LogP contribution in [0.15, 0.2) is 29.2 Å². The van der Waals surface area contributed by atoms with E-state index in [1.165, 1.54) is 19.1 Å². The Morgan fingerprint density at radius 3 is 2.33 bits per heavy atom. The van der Waals surface area contributed by atoms with Crippen LogP contribution in [0, 0.1) is 6.92 Å². The summed E-state index contributed by atoms with van der Waals surface area (Å²) in [7, 11) is -3.73. The number of hydrogen-bond acceptors (Lipinski definition) is 6. The number of nitrogens with two attached hydrogens (primary N) is 1. The number of imide groups is 1. The summed E-state index contributed by atoms with van der Waals surface area (Å²) in [6.45, 7) is 2.89. The van der Waals surface area contributed by atoms with Gasteiger partial charge in [-0.1, -0.05) is 17.7 Å². The maximum Gasteiger partial charge on any atom is 0.318 e. The number of primary amides is 1. The van der Waals surface area contributed by atoms with Crippen LogP contribution in [-0.2, 0) is 24.3 Å². The normalized spacial score (nSPS) is 12.2. The molecule has 3 amide bonds. The van der Waals surface area contributed by atoms with E-state index in [4.69, 9.17) is 10.5 Å². The number of sulfonamides is 1. The fourth-order valence-corrected chi connectivity index (χ4v) is 2.65. The van der Waals surface area contributed by atoms with Crippen molar-refractivity contribution in [1.82, 2.24) is 10.0 Å². The van der Waals surface area contributed by atoms with Gasteiger partial charge < -0.3 is 10.5 Å². The minimum atomic E-state index is -3.73. The first-order valence-corrected chi connectivity index (χ1v) is 8.46. The molecule has 1 atom stereocenters. The van der Waals surface area contributed by atoms with Crippen LogP contribution < -0.4 is 15.8 Å². The monoisotopic (exact) mass is 357 g/mol. The number of urea groups is 1. The number of benzene rings is 1. The Hall–Kier alpha value is -2.46. The van der Waals surface area contributed by atoms with Gasteiger partial charge in [0.2, 0.25) is 10.0 Å². The molecule has 0 spiro atoms. The van der Waals surface area contributed by atoms with E-state index < -0.39 is 34.0 Å². The van der Waals surface area contributed by atoms with E-state index in [1.54, 1.807) is 17.4 Å². The van der Waals surface area contributed by atoms with Crippen molar-refractivity contribution >= 4 is 27.9 Å². The highest BCUT2D eigenvalue weighted by Gasteiger charge is 2.19. The van der Waals surface area contributed by atoms with Gasteiger partial charge in [-0.15, -0.1) is 0 Å². The molecule has 0 aliphatic rings. The molecule has 4 N–H and O–H groups in total. The molecule has 24 heavy (non-hydrogen) atoms. The highest BCUT2D eigenvalue weighted by Crippen LogP contribution is 2.09. The summed E-state index contributed by atoms with van der Waals surface area (Å²) in [6.07, 6.45) is -1.50. The molecule has 0 saturated carbocycles. The van der Waals surface area contributed by atoms with Crippen molar-refractivity contribution in [2.45, 2.75) is 31.3 Å². The van der Waals surface area contributed by atoms with E-state index in [-0.39, 0.29) is 17.9 Å². The zero-order valence-electron chi connectivity index (χ0n) is 13.2. The van der Waals surface area contributed by atoms with Gasteiger partial charge >= 0.3 is 12.0 Å². The van der Waals surface area contributed by atoms with Crippen molar-refractivity contribution in [3.63, 3.8) is 0 Å². The Morgan fingerprint density at radius 2 is 1.79 bits per heavy atom. The highest BCUT2D eigenvalue weighted by atomic mass is 32.2.